The van der Waals surface area contributed by atoms with Gasteiger partial charge in [-0.1, -0.05) is 6.92 Å². The summed E-state index contributed by atoms with van der Waals surface area (Å²) in [5.74, 6) is 0. The van der Waals surface area contributed by atoms with E-state index >= 15 is 0 Å². The summed E-state index contributed by atoms with van der Waals surface area (Å²) < 4.78 is 0. The SMILES string of the molecule is CCCN(c1cc(C)ncc1CNC(C)(C)C)C1CC1. The summed E-state index contributed by atoms with van der Waals surface area (Å²) in [6.45, 7) is 13.0. The number of nitrogens with zero attached hydrogens (tertiary/aromatic N) is 2. The van der Waals surface area contributed by atoms with Crippen LogP contribution in [-0.4, -0.2) is 23.1 Å². The molecule has 0 saturated heterocycles. The Labute approximate surface area is 123 Å². The Bertz CT molecular complexity index is 444. The molecule has 1 aromatic rings. The largest absolute Gasteiger partial charge is 0.368 e. The van der Waals surface area contributed by atoms with Crippen LogP contribution < -0.4 is 10.2 Å². The molecule has 1 saturated carbocycles. The molecule has 0 spiro atoms. The fourth-order valence-corrected chi connectivity index (χ4v) is 2.46. The first-order chi connectivity index (χ1) is 9.40. The lowest BCUT2D eigenvalue weighted by Crippen LogP contribution is -2.36. The number of nitrogens with one attached hydrogen (secondary N) is 1. The number of hydrogen-bond donors (Lipinski definition) is 1. The topological polar surface area (TPSA) is 28.2 Å². The Kier molecular flexibility index (Phi) is 4.69. The van der Waals surface area contributed by atoms with Crippen LogP contribution in [0.2, 0.25) is 0 Å². The van der Waals surface area contributed by atoms with Gasteiger partial charge in [0.05, 0.1) is 0 Å². The number of anilines is 1. The second kappa shape index (κ2) is 6.13. The molecule has 0 atom stereocenters. The Morgan fingerprint density at radius 3 is 2.60 bits per heavy atom. The fourth-order valence-electron chi connectivity index (χ4n) is 2.46. The molecule has 1 heterocycles. The first-order valence-electron chi connectivity index (χ1n) is 7.88. The van der Waals surface area contributed by atoms with Crippen molar-refractivity contribution in [3.05, 3.63) is 23.5 Å². The van der Waals surface area contributed by atoms with Gasteiger partial charge in [0.25, 0.3) is 0 Å². The lowest BCUT2D eigenvalue weighted by molar-refractivity contribution is 0.424. The van der Waals surface area contributed by atoms with E-state index in [1.165, 1.54) is 30.5 Å². The van der Waals surface area contributed by atoms with E-state index in [1.54, 1.807) is 0 Å². The van der Waals surface area contributed by atoms with Crippen molar-refractivity contribution in [1.29, 1.82) is 0 Å². The fraction of sp³-hybridized carbons (Fsp3) is 0.706. The molecule has 1 fully saturated rings. The molecule has 1 N–H and O–H groups in total. The third kappa shape index (κ3) is 4.20. The Balaban J connectivity index is 2.22. The van der Waals surface area contributed by atoms with E-state index in [0.29, 0.717) is 0 Å². The predicted molar refractivity (Wildman–Crippen MR) is 86.2 cm³/mol. The van der Waals surface area contributed by atoms with E-state index in [1.807, 2.05) is 0 Å². The summed E-state index contributed by atoms with van der Waals surface area (Å²) in [6.07, 6.45) is 5.93. The molecular weight excluding hydrogens is 246 g/mol. The van der Waals surface area contributed by atoms with E-state index < -0.39 is 0 Å². The van der Waals surface area contributed by atoms with Crippen molar-refractivity contribution in [2.75, 3.05) is 11.4 Å². The summed E-state index contributed by atoms with van der Waals surface area (Å²) in [7, 11) is 0. The highest BCUT2D eigenvalue weighted by molar-refractivity contribution is 5.55. The highest BCUT2D eigenvalue weighted by Crippen LogP contribution is 2.34. The molecule has 0 radical (unpaired) electrons. The Morgan fingerprint density at radius 1 is 1.35 bits per heavy atom. The number of hydrogen-bond acceptors (Lipinski definition) is 3. The third-order valence-electron chi connectivity index (χ3n) is 3.67. The first kappa shape index (κ1) is 15.3. The molecule has 0 amide bonds. The molecule has 112 valence electrons. The summed E-state index contributed by atoms with van der Waals surface area (Å²) in [5.41, 5.74) is 3.96. The van der Waals surface area contributed by atoms with Gasteiger partial charge in [-0.3, -0.25) is 4.98 Å². The van der Waals surface area contributed by atoms with Gasteiger partial charge in [-0.25, -0.2) is 0 Å². The molecule has 2 rings (SSSR count). The Hall–Kier alpha value is -1.09. The van der Waals surface area contributed by atoms with E-state index in [9.17, 15) is 0 Å². The van der Waals surface area contributed by atoms with Crippen LogP contribution in [0.3, 0.4) is 0 Å². The predicted octanol–water partition coefficient (Wildman–Crippen LogP) is 3.66. The second-order valence-corrected chi connectivity index (χ2v) is 6.98. The molecule has 0 aromatic carbocycles. The molecule has 1 aromatic heterocycles. The maximum atomic E-state index is 4.50. The normalized spacial score (nSPS) is 15.4. The number of rotatable bonds is 6. The zero-order valence-corrected chi connectivity index (χ0v) is 13.7. The van der Waals surface area contributed by atoms with Gasteiger partial charge in [0.15, 0.2) is 0 Å². The molecule has 1 aliphatic carbocycles. The molecule has 1 aliphatic rings. The van der Waals surface area contributed by atoms with Gasteiger partial charge in [-0.15, -0.1) is 0 Å². The van der Waals surface area contributed by atoms with Gasteiger partial charge in [-0.05, 0) is 53.0 Å². The molecular formula is C17H29N3. The monoisotopic (exact) mass is 275 g/mol. The second-order valence-electron chi connectivity index (χ2n) is 6.98. The molecule has 3 heteroatoms. The molecule has 3 nitrogen and oxygen atoms in total. The Morgan fingerprint density at radius 2 is 2.05 bits per heavy atom. The average molecular weight is 275 g/mol. The van der Waals surface area contributed by atoms with Crippen LogP contribution in [-0.2, 0) is 6.54 Å². The van der Waals surface area contributed by atoms with E-state index in [0.717, 1.165) is 24.8 Å². The van der Waals surface area contributed by atoms with Crippen LogP contribution in [0.15, 0.2) is 12.3 Å². The van der Waals surface area contributed by atoms with Gasteiger partial charge >= 0.3 is 0 Å². The zero-order chi connectivity index (χ0) is 14.8. The minimum Gasteiger partial charge on any atom is -0.368 e. The minimum absolute atomic E-state index is 0.136. The third-order valence-corrected chi connectivity index (χ3v) is 3.67. The highest BCUT2D eigenvalue weighted by Gasteiger charge is 2.30. The summed E-state index contributed by atoms with van der Waals surface area (Å²) in [6, 6.07) is 3.01. The summed E-state index contributed by atoms with van der Waals surface area (Å²) in [4.78, 5) is 7.09. The zero-order valence-electron chi connectivity index (χ0n) is 13.7. The average Bonchev–Trinajstić information content (AvgIpc) is 3.17. The molecule has 0 bridgehead atoms. The van der Waals surface area contributed by atoms with Crippen LogP contribution in [0.5, 0.6) is 0 Å². The van der Waals surface area contributed by atoms with E-state index in [2.05, 4.69) is 62.1 Å². The van der Waals surface area contributed by atoms with Crippen molar-refractivity contribution in [2.45, 2.75) is 72.0 Å². The molecule has 0 aliphatic heterocycles. The van der Waals surface area contributed by atoms with Gasteiger partial charge in [0.1, 0.15) is 0 Å². The first-order valence-corrected chi connectivity index (χ1v) is 7.88. The van der Waals surface area contributed by atoms with Crippen LogP contribution in [0.25, 0.3) is 0 Å². The standard InChI is InChI=1S/C17H29N3/c1-6-9-20(15-7-8-15)16-10-13(2)18-11-14(16)12-19-17(3,4)5/h10-11,15,19H,6-9,12H2,1-5H3. The van der Waals surface area contributed by atoms with Crippen LogP contribution >= 0.6 is 0 Å². The quantitative estimate of drug-likeness (QED) is 0.859. The summed E-state index contributed by atoms with van der Waals surface area (Å²) in [5, 5.41) is 3.59. The van der Waals surface area contributed by atoms with Gasteiger partial charge in [0.2, 0.25) is 0 Å². The summed E-state index contributed by atoms with van der Waals surface area (Å²) >= 11 is 0. The highest BCUT2D eigenvalue weighted by atomic mass is 15.2. The van der Waals surface area contributed by atoms with Crippen molar-refractivity contribution < 1.29 is 0 Å². The van der Waals surface area contributed by atoms with Crippen LogP contribution in [0.1, 0.15) is 58.2 Å². The minimum atomic E-state index is 0.136. The maximum absolute atomic E-state index is 4.50. The van der Waals surface area contributed by atoms with E-state index in [-0.39, 0.29) is 5.54 Å². The smallest absolute Gasteiger partial charge is 0.0448 e. The van der Waals surface area contributed by atoms with Gasteiger partial charge in [-0.2, -0.15) is 0 Å². The van der Waals surface area contributed by atoms with Gasteiger partial charge < -0.3 is 10.2 Å². The van der Waals surface area contributed by atoms with Crippen LogP contribution in [0.4, 0.5) is 5.69 Å². The van der Waals surface area contributed by atoms with Crippen molar-refractivity contribution >= 4 is 5.69 Å². The van der Waals surface area contributed by atoms with E-state index in [4.69, 9.17) is 0 Å². The number of aryl methyl sites for hydroxylation is 1. The van der Waals surface area contributed by atoms with Crippen LogP contribution in [0, 0.1) is 6.92 Å². The van der Waals surface area contributed by atoms with Crippen molar-refractivity contribution in [1.82, 2.24) is 10.3 Å². The number of aromatic nitrogens is 1. The lowest BCUT2D eigenvalue weighted by Gasteiger charge is -2.28. The van der Waals surface area contributed by atoms with Gasteiger partial charge in [0, 0.05) is 47.8 Å². The lowest BCUT2D eigenvalue weighted by atomic mass is 10.1. The number of pyridine rings is 1. The van der Waals surface area contributed by atoms with Crippen molar-refractivity contribution in [3.63, 3.8) is 0 Å². The van der Waals surface area contributed by atoms with Crippen molar-refractivity contribution in [2.24, 2.45) is 0 Å². The molecule has 0 unspecified atom stereocenters. The van der Waals surface area contributed by atoms with Crippen molar-refractivity contribution in [3.8, 4) is 0 Å². The maximum Gasteiger partial charge on any atom is 0.0448 e. The molecule has 20 heavy (non-hydrogen) atoms.